The number of carbonyl (C=O) groups is 1. The molecule has 2 aliphatic carbocycles. The zero-order valence-corrected chi connectivity index (χ0v) is 9.95. The van der Waals surface area contributed by atoms with Gasteiger partial charge in [-0.25, -0.2) is 0 Å². The molecule has 2 saturated carbocycles. The largest absolute Gasteiger partial charge is 0.369 e. The number of guanidine groups is 1. The number of nitrogens with two attached hydrogens (primary N) is 2. The lowest BCUT2D eigenvalue weighted by Gasteiger charge is -2.31. The fraction of sp³-hybridized carbons (Fsp3) is 0.727. The zero-order chi connectivity index (χ0) is 12.1. The smallest absolute Gasteiger partial charge is 0.211 e. The lowest BCUT2D eigenvalue weighted by molar-refractivity contribution is -0.123. The molecule has 2 fully saturated rings. The van der Waals surface area contributed by atoms with E-state index in [9.17, 15) is 4.79 Å². The van der Waals surface area contributed by atoms with Gasteiger partial charge in [0.25, 0.3) is 0 Å². The van der Waals surface area contributed by atoms with E-state index in [0.29, 0.717) is 5.71 Å². The van der Waals surface area contributed by atoms with Gasteiger partial charge in [-0.05, 0) is 18.3 Å². The van der Waals surface area contributed by atoms with Crippen LogP contribution in [-0.4, -0.2) is 17.5 Å². The van der Waals surface area contributed by atoms with Crippen LogP contribution in [0.1, 0.15) is 33.6 Å². The second-order valence-electron chi connectivity index (χ2n) is 5.48. The van der Waals surface area contributed by atoms with Crippen molar-refractivity contribution in [1.29, 1.82) is 0 Å². The molecular formula is C11H18N4O. The monoisotopic (exact) mass is 222 g/mol. The lowest BCUT2D eigenvalue weighted by atomic mass is 9.70. The minimum absolute atomic E-state index is 0.0399. The van der Waals surface area contributed by atoms with Crippen molar-refractivity contribution in [3.63, 3.8) is 0 Å². The van der Waals surface area contributed by atoms with Crippen LogP contribution in [0.4, 0.5) is 0 Å². The first kappa shape index (κ1) is 11.1. The highest BCUT2D eigenvalue weighted by Crippen LogP contribution is 2.62. The van der Waals surface area contributed by atoms with Gasteiger partial charge in [0.2, 0.25) is 5.96 Å². The highest BCUT2D eigenvalue weighted by Gasteiger charge is 2.65. The molecule has 0 aliphatic heterocycles. The molecule has 88 valence electrons. The quantitative estimate of drug-likeness (QED) is 0.387. The predicted molar refractivity (Wildman–Crippen MR) is 62.9 cm³/mol. The van der Waals surface area contributed by atoms with Crippen LogP contribution in [0, 0.1) is 16.7 Å². The Morgan fingerprint density at radius 1 is 1.38 bits per heavy atom. The molecule has 2 rings (SSSR count). The number of Topliss-reactive ketones (excluding diaryl/α,β-unsaturated/α-hetero) is 1. The second-order valence-corrected chi connectivity index (χ2v) is 5.48. The maximum atomic E-state index is 12.2. The molecule has 2 atom stereocenters. The summed E-state index contributed by atoms with van der Waals surface area (Å²) in [6.45, 7) is 6.27. The minimum Gasteiger partial charge on any atom is -0.369 e. The van der Waals surface area contributed by atoms with E-state index in [4.69, 9.17) is 11.5 Å². The predicted octanol–water partition coefficient (Wildman–Crippen LogP) is 0.641. The summed E-state index contributed by atoms with van der Waals surface area (Å²) in [6, 6.07) is 0. The Hall–Kier alpha value is -1.39. The van der Waals surface area contributed by atoms with Gasteiger partial charge in [-0.2, -0.15) is 0 Å². The van der Waals surface area contributed by atoms with Crippen LogP contribution >= 0.6 is 0 Å². The third-order valence-corrected chi connectivity index (χ3v) is 4.56. The Kier molecular flexibility index (Phi) is 2.12. The summed E-state index contributed by atoms with van der Waals surface area (Å²) in [5.41, 5.74) is 10.7. The van der Waals surface area contributed by atoms with Gasteiger partial charge in [0, 0.05) is 11.3 Å². The number of fused-ring (bicyclic) bond motifs is 2. The molecule has 4 N–H and O–H groups in total. The molecule has 2 aliphatic rings. The summed E-state index contributed by atoms with van der Waals surface area (Å²) in [5.74, 6) is 0.192. The molecule has 0 amide bonds. The zero-order valence-electron chi connectivity index (χ0n) is 9.95. The van der Waals surface area contributed by atoms with Crippen molar-refractivity contribution >= 4 is 17.5 Å². The van der Waals surface area contributed by atoms with Gasteiger partial charge in [0.15, 0.2) is 5.78 Å². The van der Waals surface area contributed by atoms with E-state index >= 15 is 0 Å². The Bertz CT molecular complexity index is 406. The van der Waals surface area contributed by atoms with Gasteiger partial charge < -0.3 is 11.5 Å². The molecule has 0 aromatic carbocycles. The molecule has 5 heteroatoms. The van der Waals surface area contributed by atoms with Crippen molar-refractivity contribution < 1.29 is 4.79 Å². The van der Waals surface area contributed by atoms with Gasteiger partial charge in [0.05, 0.1) is 0 Å². The van der Waals surface area contributed by atoms with Crippen molar-refractivity contribution in [3.05, 3.63) is 0 Å². The SMILES string of the molecule is CC1(C)[C@H]2CC[C@]1(C)C(=O)C2=NN=C(N)N. The minimum atomic E-state index is -0.296. The lowest BCUT2D eigenvalue weighted by Crippen LogP contribution is -2.33. The van der Waals surface area contributed by atoms with Crippen LogP contribution in [-0.2, 0) is 4.79 Å². The highest BCUT2D eigenvalue weighted by atomic mass is 16.1. The van der Waals surface area contributed by atoms with Crippen LogP contribution < -0.4 is 11.5 Å². The van der Waals surface area contributed by atoms with E-state index in [1.807, 2.05) is 6.92 Å². The van der Waals surface area contributed by atoms with Gasteiger partial charge in [0.1, 0.15) is 5.71 Å². The molecule has 0 unspecified atom stereocenters. The topological polar surface area (TPSA) is 93.8 Å². The van der Waals surface area contributed by atoms with Crippen LogP contribution in [0.3, 0.4) is 0 Å². The van der Waals surface area contributed by atoms with Crippen LogP contribution in [0.25, 0.3) is 0 Å². The maximum absolute atomic E-state index is 12.2. The van der Waals surface area contributed by atoms with E-state index in [1.165, 1.54) is 0 Å². The Morgan fingerprint density at radius 2 is 2.00 bits per heavy atom. The number of hydrogen-bond acceptors (Lipinski definition) is 3. The highest BCUT2D eigenvalue weighted by molar-refractivity contribution is 6.45. The molecule has 0 saturated heterocycles. The number of carbonyl (C=O) groups excluding carboxylic acids is 1. The molecule has 0 aromatic rings. The normalized spacial score (nSPS) is 38.1. The summed E-state index contributed by atoms with van der Waals surface area (Å²) < 4.78 is 0. The van der Waals surface area contributed by atoms with Gasteiger partial charge >= 0.3 is 0 Å². The molecule has 0 radical (unpaired) electrons. The average molecular weight is 222 g/mol. The second kappa shape index (κ2) is 3.06. The fourth-order valence-electron chi connectivity index (χ4n) is 3.05. The Morgan fingerprint density at radius 3 is 2.44 bits per heavy atom. The number of rotatable bonds is 1. The molecule has 0 spiro atoms. The van der Waals surface area contributed by atoms with E-state index < -0.39 is 0 Å². The first-order valence-corrected chi connectivity index (χ1v) is 5.52. The van der Waals surface area contributed by atoms with Gasteiger partial charge in [-0.1, -0.05) is 20.8 Å². The average Bonchev–Trinajstić information content (AvgIpc) is 2.47. The third kappa shape index (κ3) is 1.14. The van der Waals surface area contributed by atoms with Crippen LogP contribution in [0.15, 0.2) is 10.2 Å². The summed E-state index contributed by atoms with van der Waals surface area (Å²) >= 11 is 0. The van der Waals surface area contributed by atoms with E-state index in [0.717, 1.165) is 12.8 Å². The molecular weight excluding hydrogens is 204 g/mol. The van der Waals surface area contributed by atoms with Crippen LogP contribution in [0.2, 0.25) is 0 Å². The standard InChI is InChI=1S/C11H18N4O/c1-10(2)6-4-5-11(10,3)8(16)7(6)14-15-9(12)13/h6H,4-5H2,1-3H3,(H4,12,13,15)/t6-,11+/m0/s1. The summed E-state index contributed by atoms with van der Waals surface area (Å²) in [5, 5.41) is 7.54. The van der Waals surface area contributed by atoms with Crippen molar-refractivity contribution in [2.24, 2.45) is 38.4 Å². The summed E-state index contributed by atoms with van der Waals surface area (Å²) in [7, 11) is 0. The molecule has 5 nitrogen and oxygen atoms in total. The van der Waals surface area contributed by atoms with E-state index in [1.54, 1.807) is 0 Å². The first-order chi connectivity index (χ1) is 7.30. The molecule has 2 bridgehead atoms. The van der Waals surface area contributed by atoms with E-state index in [-0.39, 0.29) is 28.5 Å². The van der Waals surface area contributed by atoms with Crippen LogP contribution in [0.5, 0.6) is 0 Å². The fourth-order valence-corrected chi connectivity index (χ4v) is 3.05. The van der Waals surface area contributed by atoms with Crippen molar-refractivity contribution in [1.82, 2.24) is 0 Å². The molecule has 0 aromatic heterocycles. The number of hydrogen-bond donors (Lipinski definition) is 2. The van der Waals surface area contributed by atoms with Gasteiger partial charge in [-0.3, -0.25) is 4.79 Å². The molecule has 16 heavy (non-hydrogen) atoms. The molecule has 0 heterocycles. The van der Waals surface area contributed by atoms with Gasteiger partial charge in [-0.15, -0.1) is 10.2 Å². The number of nitrogens with zero attached hydrogens (tertiary/aromatic N) is 2. The van der Waals surface area contributed by atoms with Crippen molar-refractivity contribution in [3.8, 4) is 0 Å². The van der Waals surface area contributed by atoms with Crippen molar-refractivity contribution in [2.45, 2.75) is 33.6 Å². The summed E-state index contributed by atoms with van der Waals surface area (Å²) in [4.78, 5) is 12.2. The maximum Gasteiger partial charge on any atom is 0.211 e. The Labute approximate surface area is 95.0 Å². The summed E-state index contributed by atoms with van der Waals surface area (Å²) in [6.07, 6.45) is 1.93. The number of ketones is 1. The first-order valence-electron chi connectivity index (χ1n) is 5.52. The Balaban J connectivity index is 2.45. The third-order valence-electron chi connectivity index (χ3n) is 4.56. The van der Waals surface area contributed by atoms with E-state index in [2.05, 4.69) is 24.1 Å². The van der Waals surface area contributed by atoms with Crippen molar-refractivity contribution in [2.75, 3.05) is 0 Å².